The van der Waals surface area contributed by atoms with Crippen molar-refractivity contribution in [2.75, 3.05) is 0 Å². The van der Waals surface area contributed by atoms with Crippen LogP contribution < -0.4 is 0 Å². The van der Waals surface area contributed by atoms with Gasteiger partial charge >= 0.3 is 5.97 Å². The molecular weight excluding hydrogens is 268 g/mol. The maximum atomic E-state index is 10.8. The second-order valence-electron chi connectivity index (χ2n) is 4.99. The molecule has 21 heavy (non-hydrogen) atoms. The smallest absolute Gasteiger partial charge is 0.303 e. The van der Waals surface area contributed by atoms with Crippen LogP contribution >= 0.6 is 0 Å². The molecule has 6 nitrogen and oxygen atoms in total. The van der Waals surface area contributed by atoms with Gasteiger partial charge in [0, 0.05) is 30.6 Å². The highest BCUT2D eigenvalue weighted by Crippen LogP contribution is 2.23. The number of fused-ring (bicyclic) bond motifs is 1. The van der Waals surface area contributed by atoms with Gasteiger partial charge in [0.1, 0.15) is 12.2 Å². The van der Waals surface area contributed by atoms with Gasteiger partial charge in [-0.3, -0.25) is 9.48 Å². The van der Waals surface area contributed by atoms with Gasteiger partial charge in [-0.2, -0.15) is 5.10 Å². The number of carbonyl (C=O) groups is 1. The maximum absolute atomic E-state index is 10.8. The van der Waals surface area contributed by atoms with Gasteiger partial charge in [-0.15, -0.1) is 0 Å². The zero-order chi connectivity index (χ0) is 14.8. The molecule has 1 N–H and O–H groups in total. The number of nitrogens with zero attached hydrogens (tertiary/aromatic N) is 4. The number of hydrogen-bond donors (Lipinski definition) is 1. The molecule has 0 atom stereocenters. The second-order valence-corrected chi connectivity index (χ2v) is 4.99. The molecule has 0 radical (unpaired) electrons. The van der Waals surface area contributed by atoms with E-state index in [1.165, 1.54) is 6.33 Å². The highest BCUT2D eigenvalue weighted by Gasteiger charge is 2.11. The molecular formula is C15H16N4O2. The summed E-state index contributed by atoms with van der Waals surface area (Å²) in [4.78, 5) is 15.0. The van der Waals surface area contributed by atoms with Crippen molar-refractivity contribution >= 4 is 16.9 Å². The summed E-state index contributed by atoms with van der Waals surface area (Å²) in [7, 11) is 1.86. The van der Waals surface area contributed by atoms with E-state index in [2.05, 4.69) is 14.6 Å². The van der Waals surface area contributed by atoms with Crippen molar-refractivity contribution in [3.05, 3.63) is 48.2 Å². The second kappa shape index (κ2) is 5.40. The molecule has 1 aromatic carbocycles. The fraction of sp³-hybridized carbons (Fsp3) is 0.267. The lowest BCUT2D eigenvalue weighted by Crippen LogP contribution is -2.06. The zero-order valence-corrected chi connectivity index (χ0v) is 11.7. The molecule has 3 aromatic rings. The van der Waals surface area contributed by atoms with E-state index in [-0.39, 0.29) is 6.42 Å². The Hall–Kier alpha value is -2.63. The normalized spacial score (nSPS) is 11.1. The van der Waals surface area contributed by atoms with Crippen LogP contribution in [0.3, 0.4) is 0 Å². The van der Waals surface area contributed by atoms with Gasteiger partial charge < -0.3 is 9.67 Å². The number of carboxylic acids is 1. The van der Waals surface area contributed by atoms with Crippen molar-refractivity contribution in [1.29, 1.82) is 0 Å². The minimum absolute atomic E-state index is 0.137. The summed E-state index contributed by atoms with van der Waals surface area (Å²) in [6, 6.07) is 8.02. The van der Waals surface area contributed by atoms with E-state index in [0.717, 1.165) is 22.3 Å². The molecule has 6 heteroatoms. The molecule has 0 aliphatic carbocycles. The van der Waals surface area contributed by atoms with Crippen molar-refractivity contribution < 1.29 is 9.90 Å². The topological polar surface area (TPSA) is 72.9 Å². The summed E-state index contributed by atoms with van der Waals surface area (Å²) in [5.41, 5.74) is 2.14. The minimum Gasteiger partial charge on any atom is -0.481 e. The monoisotopic (exact) mass is 284 g/mol. The lowest BCUT2D eigenvalue weighted by atomic mass is 10.1. The maximum Gasteiger partial charge on any atom is 0.303 e. The quantitative estimate of drug-likeness (QED) is 0.776. The standard InChI is InChI=1S/C15H16N4O2/c1-18-14(16-10-17-18)9-19-8-11(6-7-15(20)21)12-4-2-3-5-13(12)19/h2-5,8,10H,6-7,9H2,1H3,(H,20,21). The predicted octanol–water partition coefficient (Wildman–Crippen LogP) is 1.84. The fourth-order valence-corrected chi connectivity index (χ4v) is 2.51. The Kier molecular flexibility index (Phi) is 3.43. The molecule has 108 valence electrons. The summed E-state index contributed by atoms with van der Waals surface area (Å²) in [5, 5.41) is 14.0. The first-order valence-electron chi connectivity index (χ1n) is 6.76. The largest absolute Gasteiger partial charge is 0.481 e. The third-order valence-corrected chi connectivity index (χ3v) is 3.60. The molecule has 0 aliphatic rings. The molecule has 2 aromatic heterocycles. The molecule has 3 rings (SSSR count). The van der Waals surface area contributed by atoms with E-state index in [4.69, 9.17) is 5.11 Å². The van der Waals surface area contributed by atoms with E-state index in [0.29, 0.717) is 13.0 Å². The Balaban J connectivity index is 1.98. The number of para-hydroxylation sites is 1. The van der Waals surface area contributed by atoms with E-state index in [9.17, 15) is 4.79 Å². The van der Waals surface area contributed by atoms with Gasteiger partial charge in [0.25, 0.3) is 0 Å². The SMILES string of the molecule is Cn1ncnc1Cn1cc(CCC(=O)O)c2ccccc21. The van der Waals surface area contributed by atoms with Gasteiger partial charge in [0.15, 0.2) is 0 Å². The Morgan fingerprint density at radius 3 is 2.86 bits per heavy atom. The molecule has 0 aliphatic heterocycles. The van der Waals surface area contributed by atoms with Gasteiger partial charge in [-0.1, -0.05) is 18.2 Å². The van der Waals surface area contributed by atoms with Crippen LogP contribution in [-0.4, -0.2) is 30.4 Å². The number of aromatic nitrogens is 4. The van der Waals surface area contributed by atoms with Gasteiger partial charge in [0.2, 0.25) is 0 Å². The van der Waals surface area contributed by atoms with Crippen molar-refractivity contribution in [1.82, 2.24) is 19.3 Å². The summed E-state index contributed by atoms with van der Waals surface area (Å²) < 4.78 is 3.84. The number of carboxylic acid groups (broad SMARTS) is 1. The van der Waals surface area contributed by atoms with Gasteiger partial charge in [0.05, 0.1) is 6.54 Å². The molecule has 0 fully saturated rings. The Morgan fingerprint density at radius 1 is 1.33 bits per heavy atom. The third-order valence-electron chi connectivity index (χ3n) is 3.60. The van der Waals surface area contributed by atoms with Crippen LogP contribution in [0.5, 0.6) is 0 Å². The molecule has 0 saturated heterocycles. The molecule has 0 saturated carbocycles. The molecule has 0 bridgehead atoms. The lowest BCUT2D eigenvalue weighted by molar-refractivity contribution is -0.136. The van der Waals surface area contributed by atoms with Gasteiger partial charge in [-0.05, 0) is 18.1 Å². The average molecular weight is 284 g/mol. The van der Waals surface area contributed by atoms with Gasteiger partial charge in [-0.25, -0.2) is 4.98 Å². The van der Waals surface area contributed by atoms with Crippen LogP contribution in [0.1, 0.15) is 17.8 Å². The average Bonchev–Trinajstić information content (AvgIpc) is 3.02. The van der Waals surface area contributed by atoms with Crippen LogP contribution in [0.15, 0.2) is 36.8 Å². The van der Waals surface area contributed by atoms with Crippen LogP contribution in [0.2, 0.25) is 0 Å². The Labute approximate surface area is 121 Å². The first-order chi connectivity index (χ1) is 10.1. The highest BCUT2D eigenvalue weighted by molar-refractivity contribution is 5.84. The lowest BCUT2D eigenvalue weighted by Gasteiger charge is -2.04. The van der Waals surface area contributed by atoms with E-state index in [1.807, 2.05) is 37.5 Å². The van der Waals surface area contributed by atoms with Crippen molar-refractivity contribution in [2.24, 2.45) is 7.05 Å². The summed E-state index contributed by atoms with van der Waals surface area (Å²) in [5.74, 6) is 0.0840. The zero-order valence-electron chi connectivity index (χ0n) is 11.7. The highest BCUT2D eigenvalue weighted by atomic mass is 16.4. The first kappa shape index (κ1) is 13.4. The van der Waals surface area contributed by atoms with Crippen LogP contribution in [-0.2, 0) is 24.8 Å². The Morgan fingerprint density at radius 2 is 2.14 bits per heavy atom. The number of aliphatic carboxylic acids is 1. The fourth-order valence-electron chi connectivity index (χ4n) is 2.51. The van der Waals surface area contributed by atoms with Crippen molar-refractivity contribution in [3.8, 4) is 0 Å². The molecule has 0 amide bonds. The van der Waals surface area contributed by atoms with E-state index >= 15 is 0 Å². The number of hydrogen-bond acceptors (Lipinski definition) is 3. The molecule has 2 heterocycles. The number of aryl methyl sites for hydroxylation is 2. The van der Waals surface area contributed by atoms with Crippen LogP contribution in [0.25, 0.3) is 10.9 Å². The molecule has 0 unspecified atom stereocenters. The Bertz CT molecular complexity index is 788. The summed E-state index contributed by atoms with van der Waals surface area (Å²) in [6.45, 7) is 0.615. The van der Waals surface area contributed by atoms with Crippen LogP contribution in [0.4, 0.5) is 0 Å². The first-order valence-corrected chi connectivity index (χ1v) is 6.76. The minimum atomic E-state index is -0.778. The predicted molar refractivity (Wildman–Crippen MR) is 78.0 cm³/mol. The number of rotatable bonds is 5. The van der Waals surface area contributed by atoms with Crippen LogP contribution in [0, 0.1) is 0 Å². The van der Waals surface area contributed by atoms with E-state index < -0.39 is 5.97 Å². The van der Waals surface area contributed by atoms with Crippen molar-refractivity contribution in [3.63, 3.8) is 0 Å². The third kappa shape index (κ3) is 2.65. The van der Waals surface area contributed by atoms with E-state index in [1.54, 1.807) is 4.68 Å². The molecule has 0 spiro atoms. The summed E-state index contributed by atoms with van der Waals surface area (Å²) >= 11 is 0. The number of benzene rings is 1. The van der Waals surface area contributed by atoms with Crippen molar-refractivity contribution in [2.45, 2.75) is 19.4 Å². The summed E-state index contributed by atoms with van der Waals surface area (Å²) in [6.07, 6.45) is 4.22.